The lowest BCUT2D eigenvalue weighted by atomic mass is 9.88. The summed E-state index contributed by atoms with van der Waals surface area (Å²) >= 11 is 5.87. The van der Waals surface area contributed by atoms with Crippen LogP contribution in [0.3, 0.4) is 0 Å². The lowest BCUT2D eigenvalue weighted by Gasteiger charge is -2.34. The normalized spacial score (nSPS) is 34.1. The van der Waals surface area contributed by atoms with Crippen molar-refractivity contribution < 1.29 is 44.2 Å². The number of carbonyl (C=O) groups excluding carboxylic acids is 2. The number of cyclic esters (lactones) is 1. The molecule has 12 heteroatoms. The zero-order valence-corrected chi connectivity index (χ0v) is 31.1. The lowest BCUT2D eigenvalue weighted by molar-refractivity contribution is -0.151. The van der Waals surface area contributed by atoms with Gasteiger partial charge >= 0.3 is 12.1 Å². The van der Waals surface area contributed by atoms with Crippen LogP contribution in [0.15, 0.2) is 36.0 Å². The van der Waals surface area contributed by atoms with E-state index >= 15 is 0 Å². The molecule has 0 spiro atoms. The van der Waals surface area contributed by atoms with Crippen molar-refractivity contribution in [3.63, 3.8) is 0 Å². The Morgan fingerprint density at radius 1 is 1.27 bits per heavy atom. The molecule has 10 unspecified atom stereocenters. The van der Waals surface area contributed by atoms with E-state index in [2.05, 4.69) is 4.90 Å². The Hall–Kier alpha value is -1.99. The Morgan fingerprint density at radius 3 is 2.69 bits per heavy atom. The minimum Gasteiger partial charge on any atom is -0.457 e. The van der Waals surface area contributed by atoms with Gasteiger partial charge in [0.2, 0.25) is 0 Å². The molecule has 3 heterocycles. The third-order valence-corrected chi connectivity index (χ3v) is 10.3. The van der Waals surface area contributed by atoms with Gasteiger partial charge in [0.1, 0.15) is 11.7 Å². The Bertz CT molecular complexity index is 1160. The minimum absolute atomic E-state index is 0.0146. The van der Waals surface area contributed by atoms with Crippen LogP contribution >= 0.6 is 11.6 Å². The van der Waals surface area contributed by atoms with Crippen LogP contribution in [0, 0.1) is 11.8 Å². The number of amides is 1. The number of rotatable bonds is 12. The van der Waals surface area contributed by atoms with Crippen LogP contribution in [-0.4, -0.2) is 129 Å². The molecule has 2 fully saturated rings. The standard InChI is InChI=1S/C37H61ClN2O9/c1-7-29(42)27(4)34-30(47-34)24-36(5,45)15-8-11-25(2)33-26(3)12-13-31(37(6,46)16-14-28(41)23-32(43)49-33)48-35(44)40-20-10-19-39(21-22-40)18-9-17-38/h8,11-13,15,26-31,33-34,41-42,45-46H,7,9-10,14,16-24H2,1-6H3/b13-12-,15-8+,25-11+. The minimum atomic E-state index is -1.50. The highest BCUT2D eigenvalue weighted by Gasteiger charge is 2.47. The molecule has 4 N–H and O–H groups in total. The second-order valence-electron chi connectivity index (χ2n) is 14.7. The topological polar surface area (TPSA) is 153 Å². The van der Waals surface area contributed by atoms with Gasteiger partial charge in [-0.2, -0.15) is 0 Å². The van der Waals surface area contributed by atoms with Crippen molar-refractivity contribution in [2.75, 3.05) is 38.6 Å². The molecule has 0 aromatic heterocycles. The van der Waals surface area contributed by atoms with Crippen molar-refractivity contribution in [3.05, 3.63) is 36.0 Å². The summed E-state index contributed by atoms with van der Waals surface area (Å²) in [5.41, 5.74) is -1.96. The van der Waals surface area contributed by atoms with Crippen molar-refractivity contribution in [2.45, 2.75) is 134 Å². The molecule has 11 nitrogen and oxygen atoms in total. The number of aliphatic hydroxyl groups excluding tert-OH is 2. The summed E-state index contributed by atoms with van der Waals surface area (Å²) in [6, 6.07) is 0. The van der Waals surface area contributed by atoms with Crippen LogP contribution in [0.25, 0.3) is 0 Å². The van der Waals surface area contributed by atoms with Gasteiger partial charge in [-0.05, 0) is 77.6 Å². The van der Waals surface area contributed by atoms with E-state index in [1.54, 1.807) is 49.1 Å². The number of hydrogen-bond donors (Lipinski definition) is 4. The first kappa shape index (κ1) is 41.4. The van der Waals surface area contributed by atoms with Crippen LogP contribution in [0.2, 0.25) is 0 Å². The number of nitrogens with zero attached hydrogens (tertiary/aromatic N) is 2. The molecule has 3 rings (SSSR count). The first-order chi connectivity index (χ1) is 23.1. The molecule has 280 valence electrons. The van der Waals surface area contributed by atoms with E-state index in [0.29, 0.717) is 43.9 Å². The van der Waals surface area contributed by atoms with Crippen molar-refractivity contribution in [1.29, 1.82) is 0 Å². The van der Waals surface area contributed by atoms with Gasteiger partial charge in [0, 0.05) is 43.8 Å². The number of hydrogen-bond acceptors (Lipinski definition) is 10. The highest BCUT2D eigenvalue weighted by Crippen LogP contribution is 2.37. The number of ether oxygens (including phenoxy) is 3. The maximum Gasteiger partial charge on any atom is 0.410 e. The average molecular weight is 713 g/mol. The smallest absolute Gasteiger partial charge is 0.410 e. The zero-order valence-electron chi connectivity index (χ0n) is 30.3. The number of allylic oxidation sites excluding steroid dienone is 2. The Morgan fingerprint density at radius 2 is 2.00 bits per heavy atom. The van der Waals surface area contributed by atoms with Gasteiger partial charge in [0.15, 0.2) is 6.10 Å². The van der Waals surface area contributed by atoms with E-state index in [1.165, 1.54) is 0 Å². The number of halogens is 1. The predicted octanol–water partition coefficient (Wildman–Crippen LogP) is 4.35. The van der Waals surface area contributed by atoms with Gasteiger partial charge in [-0.25, -0.2) is 4.79 Å². The van der Waals surface area contributed by atoms with Crippen LogP contribution in [0.4, 0.5) is 4.79 Å². The Labute approximate surface area is 297 Å². The first-order valence-electron chi connectivity index (χ1n) is 18.0. The zero-order chi connectivity index (χ0) is 36.4. The molecule has 0 saturated carbocycles. The van der Waals surface area contributed by atoms with Crippen molar-refractivity contribution >= 4 is 23.7 Å². The quantitative estimate of drug-likeness (QED) is 0.0756. The van der Waals surface area contributed by atoms with Crippen LogP contribution in [0.1, 0.15) is 86.5 Å². The number of aliphatic hydroxyl groups is 4. The number of esters is 1. The largest absolute Gasteiger partial charge is 0.457 e. The summed E-state index contributed by atoms with van der Waals surface area (Å²) in [7, 11) is 0. The van der Waals surface area contributed by atoms with Crippen molar-refractivity contribution in [2.24, 2.45) is 11.8 Å². The molecule has 0 radical (unpaired) electrons. The molecule has 0 bridgehead atoms. The molecule has 0 aromatic rings. The van der Waals surface area contributed by atoms with E-state index < -0.39 is 47.7 Å². The summed E-state index contributed by atoms with van der Waals surface area (Å²) in [6.45, 7) is 14.4. The molecule has 0 aromatic carbocycles. The molecule has 10 atom stereocenters. The summed E-state index contributed by atoms with van der Waals surface area (Å²) in [5, 5.41) is 43.3. The van der Waals surface area contributed by atoms with Crippen LogP contribution < -0.4 is 0 Å². The van der Waals surface area contributed by atoms with E-state index in [9.17, 15) is 30.0 Å². The van der Waals surface area contributed by atoms with E-state index in [1.807, 2.05) is 27.7 Å². The second kappa shape index (κ2) is 19.0. The van der Waals surface area contributed by atoms with E-state index in [-0.39, 0.29) is 43.3 Å². The number of carbonyl (C=O) groups is 2. The van der Waals surface area contributed by atoms with Crippen LogP contribution in [-0.2, 0) is 19.0 Å². The van der Waals surface area contributed by atoms with E-state index in [4.69, 9.17) is 25.8 Å². The SMILES string of the molecule is CCC(O)C(C)C1OC1CC(C)(O)/C=C/C=C(\C)C1OC(=O)CC(O)CCC(C)(O)C(OC(=O)N2CCCN(CCCCl)CC2)/C=C\C1C. The summed E-state index contributed by atoms with van der Waals surface area (Å²) in [4.78, 5) is 30.2. The number of alkyl halides is 1. The maximum absolute atomic E-state index is 13.4. The van der Waals surface area contributed by atoms with Gasteiger partial charge in [-0.3, -0.25) is 4.79 Å². The summed E-state index contributed by atoms with van der Waals surface area (Å²) in [5.74, 6) is -0.372. The highest BCUT2D eigenvalue weighted by atomic mass is 35.5. The van der Waals surface area contributed by atoms with Gasteiger partial charge < -0.3 is 44.4 Å². The van der Waals surface area contributed by atoms with Crippen LogP contribution in [0.5, 0.6) is 0 Å². The summed E-state index contributed by atoms with van der Waals surface area (Å²) in [6.07, 6.45) is 7.32. The van der Waals surface area contributed by atoms with Crippen molar-refractivity contribution in [3.8, 4) is 0 Å². The molecule has 3 aliphatic rings. The van der Waals surface area contributed by atoms with E-state index in [0.717, 1.165) is 25.9 Å². The Kier molecular flexibility index (Phi) is 16.1. The predicted molar refractivity (Wildman–Crippen MR) is 189 cm³/mol. The first-order valence-corrected chi connectivity index (χ1v) is 18.5. The molecule has 49 heavy (non-hydrogen) atoms. The average Bonchev–Trinajstić information content (AvgIpc) is 3.84. The van der Waals surface area contributed by atoms with Gasteiger partial charge in [0.25, 0.3) is 0 Å². The fourth-order valence-corrected chi connectivity index (χ4v) is 6.77. The van der Waals surface area contributed by atoms with Gasteiger partial charge in [-0.15, -0.1) is 11.6 Å². The second-order valence-corrected chi connectivity index (χ2v) is 15.1. The molecule has 3 aliphatic heterocycles. The van der Waals surface area contributed by atoms with Gasteiger partial charge in [0.05, 0.1) is 36.4 Å². The lowest BCUT2D eigenvalue weighted by Crippen LogP contribution is -2.45. The maximum atomic E-state index is 13.4. The molecular weight excluding hydrogens is 652 g/mol. The number of epoxide rings is 1. The Balaban J connectivity index is 1.73. The fraction of sp³-hybridized carbons (Fsp3) is 0.784. The molecule has 1 amide bonds. The van der Waals surface area contributed by atoms with Gasteiger partial charge in [-0.1, -0.05) is 45.1 Å². The highest BCUT2D eigenvalue weighted by molar-refractivity contribution is 6.17. The van der Waals surface area contributed by atoms with Crippen molar-refractivity contribution in [1.82, 2.24) is 9.80 Å². The fourth-order valence-electron chi connectivity index (χ4n) is 6.65. The third-order valence-electron chi connectivity index (χ3n) is 10.0. The summed E-state index contributed by atoms with van der Waals surface area (Å²) < 4.78 is 17.6. The third kappa shape index (κ3) is 13.3. The monoisotopic (exact) mass is 712 g/mol. The molecule has 0 aliphatic carbocycles. The molecular formula is C37H61ClN2O9. The molecule has 2 saturated heterocycles.